The van der Waals surface area contributed by atoms with Gasteiger partial charge in [0.1, 0.15) is 12.4 Å². The third-order valence-electron chi connectivity index (χ3n) is 6.78. The molecule has 9 heteroatoms. The lowest BCUT2D eigenvalue weighted by atomic mass is 10.0. The second-order valence-corrected chi connectivity index (χ2v) is 9.35. The van der Waals surface area contributed by atoms with Gasteiger partial charge in [-0.3, -0.25) is 19.3 Å². The predicted molar refractivity (Wildman–Crippen MR) is 150 cm³/mol. The Bertz CT molecular complexity index is 1950. The molecule has 6 nitrogen and oxygen atoms in total. The molecule has 0 spiro atoms. The van der Waals surface area contributed by atoms with E-state index in [4.69, 9.17) is 4.74 Å². The zero-order valence-electron chi connectivity index (χ0n) is 21.4. The Morgan fingerprint density at radius 2 is 1.68 bits per heavy atom. The maximum atomic E-state index is 14.1. The van der Waals surface area contributed by atoms with Gasteiger partial charge >= 0.3 is 6.18 Å². The molecule has 200 valence electrons. The summed E-state index contributed by atoms with van der Waals surface area (Å²) in [6.07, 6.45) is -1.29. The number of benzene rings is 3. The zero-order chi connectivity index (χ0) is 27.9. The van der Waals surface area contributed by atoms with E-state index in [-0.39, 0.29) is 18.0 Å². The third-order valence-corrected chi connectivity index (χ3v) is 6.78. The first kappa shape index (κ1) is 25.5. The molecule has 0 aliphatic carbocycles. The summed E-state index contributed by atoms with van der Waals surface area (Å²) < 4.78 is 48.9. The Morgan fingerprint density at radius 3 is 2.50 bits per heavy atom. The zero-order valence-corrected chi connectivity index (χ0v) is 21.4. The van der Waals surface area contributed by atoms with Crippen LogP contribution in [-0.2, 0) is 6.18 Å². The minimum absolute atomic E-state index is 0.0653. The van der Waals surface area contributed by atoms with E-state index in [9.17, 15) is 18.0 Å². The van der Waals surface area contributed by atoms with E-state index in [1.807, 2.05) is 48.5 Å². The summed E-state index contributed by atoms with van der Waals surface area (Å²) in [5, 5.41) is 5.06. The largest absolute Gasteiger partial charge is 0.492 e. The fourth-order valence-electron chi connectivity index (χ4n) is 4.84. The Morgan fingerprint density at radius 1 is 0.850 bits per heavy atom. The summed E-state index contributed by atoms with van der Waals surface area (Å²) in [7, 11) is 1.69. The fourth-order valence-corrected chi connectivity index (χ4v) is 4.84. The van der Waals surface area contributed by atoms with Crippen LogP contribution in [0.1, 0.15) is 5.56 Å². The standard InChI is InChI=1S/C31H23F3N4O2/c1-35-12-13-40-28-10-8-23(16-25(28)31(32,33)34)38-29(39)11-7-21-17-37-27-9-6-19(15-24(27)30(21)38)22-14-20-4-2-3-5-26(20)36-18-22/h2-11,14-18,35H,12-13H2,1H3. The molecule has 0 unspecified atom stereocenters. The van der Waals surface area contributed by atoms with Crippen LogP contribution >= 0.6 is 0 Å². The molecule has 0 bridgehead atoms. The van der Waals surface area contributed by atoms with Gasteiger partial charge in [-0.25, -0.2) is 0 Å². The number of fused-ring (bicyclic) bond motifs is 4. The van der Waals surface area contributed by atoms with Crippen molar-refractivity contribution in [3.8, 4) is 22.6 Å². The SMILES string of the molecule is CNCCOc1ccc(-n2c(=O)ccc3cnc4ccc(-c5cnc6ccccc6c5)cc4c32)cc1C(F)(F)F. The molecule has 6 aromatic rings. The Hall–Kier alpha value is -4.76. The molecular weight excluding hydrogens is 517 g/mol. The van der Waals surface area contributed by atoms with Crippen molar-refractivity contribution in [3.63, 3.8) is 0 Å². The molecule has 0 aliphatic heterocycles. The normalized spacial score (nSPS) is 11.9. The van der Waals surface area contributed by atoms with E-state index in [1.165, 1.54) is 22.8 Å². The second kappa shape index (κ2) is 10.1. The van der Waals surface area contributed by atoms with Crippen molar-refractivity contribution in [2.24, 2.45) is 0 Å². The van der Waals surface area contributed by atoms with Crippen molar-refractivity contribution < 1.29 is 17.9 Å². The van der Waals surface area contributed by atoms with Crippen molar-refractivity contribution in [3.05, 3.63) is 107 Å². The average molecular weight is 541 g/mol. The van der Waals surface area contributed by atoms with Crippen LogP contribution in [0, 0.1) is 0 Å². The number of pyridine rings is 3. The smallest absolute Gasteiger partial charge is 0.420 e. The Balaban J connectivity index is 1.57. The predicted octanol–water partition coefficient (Wildman–Crippen LogP) is 6.37. The van der Waals surface area contributed by atoms with Gasteiger partial charge in [-0.2, -0.15) is 13.2 Å². The Kier molecular flexibility index (Phi) is 6.43. The van der Waals surface area contributed by atoms with Crippen LogP contribution in [0.2, 0.25) is 0 Å². The number of ether oxygens (including phenoxy) is 1. The fraction of sp³-hybridized carbons (Fsp3) is 0.129. The van der Waals surface area contributed by atoms with Gasteiger partial charge in [0.05, 0.1) is 27.8 Å². The highest BCUT2D eigenvalue weighted by atomic mass is 19.4. The molecule has 0 saturated heterocycles. The van der Waals surface area contributed by atoms with E-state index in [0.29, 0.717) is 28.4 Å². The van der Waals surface area contributed by atoms with Crippen LogP contribution in [0.4, 0.5) is 13.2 Å². The number of nitrogens with zero attached hydrogens (tertiary/aromatic N) is 3. The van der Waals surface area contributed by atoms with Crippen molar-refractivity contribution in [1.82, 2.24) is 19.9 Å². The van der Waals surface area contributed by atoms with E-state index in [1.54, 1.807) is 25.5 Å². The van der Waals surface area contributed by atoms with E-state index >= 15 is 0 Å². The van der Waals surface area contributed by atoms with Gasteiger partial charge in [0.25, 0.3) is 5.56 Å². The van der Waals surface area contributed by atoms with Gasteiger partial charge in [0.2, 0.25) is 0 Å². The third kappa shape index (κ3) is 4.65. The Labute approximate surface area is 226 Å². The molecule has 0 amide bonds. The van der Waals surface area contributed by atoms with Crippen LogP contribution in [0.5, 0.6) is 5.75 Å². The second-order valence-electron chi connectivity index (χ2n) is 9.35. The van der Waals surface area contributed by atoms with E-state index in [0.717, 1.165) is 28.1 Å². The van der Waals surface area contributed by atoms with Crippen molar-refractivity contribution in [1.29, 1.82) is 0 Å². The monoisotopic (exact) mass is 540 g/mol. The number of aromatic nitrogens is 3. The van der Waals surface area contributed by atoms with Crippen molar-refractivity contribution >= 4 is 32.7 Å². The number of hydrogen-bond acceptors (Lipinski definition) is 5. The molecular formula is C31H23F3N4O2. The molecule has 3 aromatic carbocycles. The molecule has 0 fully saturated rings. The molecule has 0 radical (unpaired) electrons. The van der Waals surface area contributed by atoms with Crippen LogP contribution in [0.15, 0.2) is 96.1 Å². The molecule has 3 heterocycles. The van der Waals surface area contributed by atoms with Gasteiger partial charge in [-0.1, -0.05) is 24.3 Å². The number of nitrogens with one attached hydrogen (secondary N) is 1. The summed E-state index contributed by atoms with van der Waals surface area (Å²) >= 11 is 0. The molecule has 0 saturated carbocycles. The highest BCUT2D eigenvalue weighted by Gasteiger charge is 2.35. The highest BCUT2D eigenvalue weighted by Crippen LogP contribution is 2.38. The molecule has 40 heavy (non-hydrogen) atoms. The molecule has 1 N–H and O–H groups in total. The first-order valence-electron chi connectivity index (χ1n) is 12.6. The number of rotatable bonds is 6. The quantitative estimate of drug-likeness (QED) is 0.196. The maximum Gasteiger partial charge on any atom is 0.420 e. The minimum Gasteiger partial charge on any atom is -0.492 e. The first-order valence-corrected chi connectivity index (χ1v) is 12.6. The average Bonchev–Trinajstić information content (AvgIpc) is 2.96. The highest BCUT2D eigenvalue weighted by molar-refractivity contribution is 6.05. The lowest BCUT2D eigenvalue weighted by Crippen LogP contribution is -2.20. The molecule has 6 rings (SSSR count). The van der Waals surface area contributed by atoms with Crippen LogP contribution in [0.3, 0.4) is 0 Å². The van der Waals surface area contributed by atoms with Gasteiger partial charge in [-0.15, -0.1) is 0 Å². The minimum atomic E-state index is -4.68. The van der Waals surface area contributed by atoms with Gasteiger partial charge < -0.3 is 10.1 Å². The van der Waals surface area contributed by atoms with Crippen molar-refractivity contribution in [2.45, 2.75) is 6.18 Å². The summed E-state index contributed by atoms with van der Waals surface area (Å²) in [6.45, 7) is 0.450. The lowest BCUT2D eigenvalue weighted by Gasteiger charge is -2.18. The van der Waals surface area contributed by atoms with Gasteiger partial charge in [-0.05, 0) is 61.1 Å². The topological polar surface area (TPSA) is 69.0 Å². The first-order chi connectivity index (χ1) is 19.3. The number of alkyl halides is 3. The summed E-state index contributed by atoms with van der Waals surface area (Å²) in [5.74, 6) is -0.294. The maximum absolute atomic E-state index is 14.1. The summed E-state index contributed by atoms with van der Waals surface area (Å²) in [6, 6.07) is 22.1. The lowest BCUT2D eigenvalue weighted by molar-refractivity contribution is -0.138. The van der Waals surface area contributed by atoms with Gasteiger partial charge in [0, 0.05) is 46.7 Å². The summed E-state index contributed by atoms with van der Waals surface area (Å²) in [4.78, 5) is 22.3. The summed E-state index contributed by atoms with van der Waals surface area (Å²) in [5.41, 5.74) is 2.30. The molecule has 0 aliphatic rings. The number of likely N-dealkylation sites (N-methyl/N-ethyl adjacent to an activating group) is 1. The van der Waals surface area contributed by atoms with E-state index < -0.39 is 17.3 Å². The number of halogens is 3. The molecule has 0 atom stereocenters. The van der Waals surface area contributed by atoms with E-state index in [2.05, 4.69) is 15.3 Å². The molecule has 3 aromatic heterocycles. The number of para-hydroxylation sites is 1. The van der Waals surface area contributed by atoms with Crippen LogP contribution in [0.25, 0.3) is 49.5 Å². The van der Waals surface area contributed by atoms with Gasteiger partial charge in [0.15, 0.2) is 0 Å². The van der Waals surface area contributed by atoms with Crippen molar-refractivity contribution in [2.75, 3.05) is 20.2 Å². The van der Waals surface area contributed by atoms with Crippen LogP contribution in [-0.4, -0.2) is 34.7 Å². The van der Waals surface area contributed by atoms with Crippen LogP contribution < -0.4 is 15.6 Å². The number of hydrogen-bond donors (Lipinski definition) is 1.